The van der Waals surface area contributed by atoms with Crippen LogP contribution in [0.1, 0.15) is 43.7 Å². The normalized spacial score (nSPS) is 24.8. The molecule has 1 fully saturated rings. The number of hydrogen-bond acceptors (Lipinski definition) is 2. The summed E-state index contributed by atoms with van der Waals surface area (Å²) in [7, 11) is 0. The lowest BCUT2D eigenvalue weighted by Gasteiger charge is -2.24. The van der Waals surface area contributed by atoms with Gasteiger partial charge in [0, 0.05) is 24.6 Å². The Bertz CT molecular complexity index is 875. The molecule has 2 aromatic rings. The van der Waals surface area contributed by atoms with E-state index in [4.69, 9.17) is 0 Å². The van der Waals surface area contributed by atoms with E-state index < -0.39 is 0 Å². The molecule has 0 radical (unpaired) electrons. The van der Waals surface area contributed by atoms with Gasteiger partial charge in [-0.1, -0.05) is 62.4 Å². The monoisotopic (exact) mass is 376 g/mol. The molecule has 146 valence electrons. The van der Waals surface area contributed by atoms with E-state index >= 15 is 0 Å². The molecule has 4 heteroatoms. The van der Waals surface area contributed by atoms with Crippen LogP contribution in [0.2, 0.25) is 0 Å². The number of carbonyl (C=O) groups excluding carboxylic acids is 2. The van der Waals surface area contributed by atoms with E-state index in [9.17, 15) is 9.59 Å². The first-order valence-electron chi connectivity index (χ1n) is 10.2. The second kappa shape index (κ2) is 7.42. The van der Waals surface area contributed by atoms with E-state index in [0.717, 1.165) is 11.3 Å². The van der Waals surface area contributed by atoms with Gasteiger partial charge in [0.25, 0.3) is 0 Å². The fourth-order valence-corrected chi connectivity index (χ4v) is 4.71. The molecule has 4 rings (SSSR count). The van der Waals surface area contributed by atoms with Crippen LogP contribution in [0.4, 0.5) is 5.69 Å². The van der Waals surface area contributed by atoms with Gasteiger partial charge in [-0.05, 0) is 47.3 Å². The van der Waals surface area contributed by atoms with Gasteiger partial charge in [0.1, 0.15) is 0 Å². The Kier molecular flexibility index (Phi) is 4.96. The predicted molar refractivity (Wildman–Crippen MR) is 111 cm³/mol. The summed E-state index contributed by atoms with van der Waals surface area (Å²) in [4.78, 5) is 24.7. The zero-order chi connectivity index (χ0) is 19.7. The van der Waals surface area contributed by atoms with E-state index in [1.54, 1.807) is 0 Å². The molecule has 28 heavy (non-hydrogen) atoms. The molecular weight excluding hydrogens is 348 g/mol. The van der Waals surface area contributed by atoms with Crippen molar-refractivity contribution in [2.75, 3.05) is 11.9 Å². The maximum Gasteiger partial charge on any atom is 0.227 e. The van der Waals surface area contributed by atoms with Gasteiger partial charge >= 0.3 is 0 Å². The molecule has 0 spiro atoms. The maximum absolute atomic E-state index is 12.4. The molecule has 0 bridgehead atoms. The van der Waals surface area contributed by atoms with Crippen LogP contribution in [0.3, 0.4) is 0 Å². The Morgan fingerprint density at radius 2 is 1.82 bits per heavy atom. The molecule has 3 atom stereocenters. The zero-order valence-corrected chi connectivity index (χ0v) is 16.6. The van der Waals surface area contributed by atoms with Crippen LogP contribution >= 0.6 is 0 Å². The van der Waals surface area contributed by atoms with Gasteiger partial charge in [0.15, 0.2) is 0 Å². The van der Waals surface area contributed by atoms with Gasteiger partial charge in [0.05, 0.1) is 0 Å². The van der Waals surface area contributed by atoms with Gasteiger partial charge in [-0.15, -0.1) is 0 Å². The summed E-state index contributed by atoms with van der Waals surface area (Å²) in [5, 5.41) is 6.06. The first-order chi connectivity index (χ1) is 13.5. The minimum atomic E-state index is -0.130. The van der Waals surface area contributed by atoms with Crippen molar-refractivity contribution in [1.29, 1.82) is 0 Å². The predicted octanol–water partition coefficient (Wildman–Crippen LogP) is 4.13. The number of para-hydroxylation sites is 1. The number of benzene rings is 2. The van der Waals surface area contributed by atoms with E-state index in [0.29, 0.717) is 37.6 Å². The molecule has 1 aliphatic carbocycles. The minimum absolute atomic E-state index is 0.0268. The first kappa shape index (κ1) is 18.7. The topological polar surface area (TPSA) is 58.2 Å². The van der Waals surface area contributed by atoms with Gasteiger partial charge < -0.3 is 10.6 Å². The highest BCUT2D eigenvalue weighted by molar-refractivity contribution is 5.96. The Morgan fingerprint density at radius 3 is 2.61 bits per heavy atom. The third-order valence-corrected chi connectivity index (χ3v) is 6.56. The standard InChI is InChI=1S/C24H28N2O2/c1-24(2)19(22(24)16-8-4-3-5-9-16)15-25-21(27)13-12-18-14-17-10-6-7-11-20(17)26-23(18)28/h3-11,18-19,22H,12-15H2,1-2H3,(H,25,27)(H,26,28)/t18-,19+,22-/m0/s1. The number of nitrogens with one attached hydrogen (secondary N) is 2. The Hall–Kier alpha value is -2.62. The zero-order valence-electron chi connectivity index (χ0n) is 16.6. The van der Waals surface area contributed by atoms with Crippen LogP contribution in [0.5, 0.6) is 0 Å². The van der Waals surface area contributed by atoms with E-state index in [1.165, 1.54) is 5.56 Å². The SMILES string of the molecule is CC1(C)[C@H](CNC(=O)CC[C@H]2Cc3ccccc3NC2=O)[C@@H]1c1ccccc1. The second-order valence-electron chi connectivity index (χ2n) is 8.71. The van der Waals surface area contributed by atoms with Crippen LogP contribution in [0.15, 0.2) is 54.6 Å². The molecule has 2 aromatic carbocycles. The highest BCUT2D eigenvalue weighted by Gasteiger charge is 2.57. The lowest BCUT2D eigenvalue weighted by Crippen LogP contribution is -2.32. The van der Waals surface area contributed by atoms with Crippen molar-refractivity contribution in [2.24, 2.45) is 17.3 Å². The summed E-state index contributed by atoms with van der Waals surface area (Å²) in [6, 6.07) is 18.4. The highest BCUT2D eigenvalue weighted by atomic mass is 16.2. The van der Waals surface area contributed by atoms with E-state index in [-0.39, 0.29) is 23.1 Å². The van der Waals surface area contributed by atoms with Gasteiger partial charge in [-0.2, -0.15) is 0 Å². The molecule has 1 heterocycles. The summed E-state index contributed by atoms with van der Waals surface area (Å²) in [5.74, 6) is 0.897. The van der Waals surface area contributed by atoms with E-state index in [2.05, 4.69) is 48.7 Å². The summed E-state index contributed by atoms with van der Waals surface area (Å²) in [5.41, 5.74) is 3.61. The Morgan fingerprint density at radius 1 is 1.11 bits per heavy atom. The fourth-order valence-electron chi connectivity index (χ4n) is 4.71. The molecule has 2 amide bonds. The smallest absolute Gasteiger partial charge is 0.227 e. The number of fused-ring (bicyclic) bond motifs is 1. The quantitative estimate of drug-likeness (QED) is 0.796. The van der Waals surface area contributed by atoms with Gasteiger partial charge in [0.2, 0.25) is 11.8 Å². The Labute approximate surface area is 166 Å². The molecule has 4 nitrogen and oxygen atoms in total. The average molecular weight is 377 g/mol. The molecule has 0 aromatic heterocycles. The van der Waals surface area contributed by atoms with Crippen molar-refractivity contribution in [3.8, 4) is 0 Å². The molecule has 0 saturated heterocycles. The summed E-state index contributed by atoms with van der Waals surface area (Å²) in [6.45, 7) is 5.24. The van der Waals surface area contributed by atoms with Crippen molar-refractivity contribution in [1.82, 2.24) is 5.32 Å². The van der Waals surface area contributed by atoms with Crippen LogP contribution in [0, 0.1) is 17.3 Å². The van der Waals surface area contributed by atoms with Crippen LogP contribution in [-0.2, 0) is 16.0 Å². The number of carbonyl (C=O) groups is 2. The van der Waals surface area contributed by atoms with Crippen LogP contribution in [-0.4, -0.2) is 18.4 Å². The lowest BCUT2D eigenvalue weighted by molar-refractivity contribution is -0.122. The molecule has 2 aliphatic rings. The van der Waals surface area contributed by atoms with Crippen molar-refractivity contribution in [3.05, 3.63) is 65.7 Å². The van der Waals surface area contributed by atoms with E-state index in [1.807, 2.05) is 30.3 Å². The third kappa shape index (κ3) is 3.68. The summed E-state index contributed by atoms with van der Waals surface area (Å²) in [6.07, 6.45) is 1.69. The second-order valence-corrected chi connectivity index (χ2v) is 8.71. The van der Waals surface area contributed by atoms with Gasteiger partial charge in [-0.25, -0.2) is 0 Å². The minimum Gasteiger partial charge on any atom is -0.356 e. The number of amides is 2. The summed E-state index contributed by atoms with van der Waals surface area (Å²) < 4.78 is 0. The average Bonchev–Trinajstić information content (AvgIpc) is 3.25. The highest BCUT2D eigenvalue weighted by Crippen LogP contribution is 2.63. The van der Waals surface area contributed by atoms with Crippen LogP contribution < -0.4 is 10.6 Å². The number of rotatable bonds is 6. The third-order valence-electron chi connectivity index (χ3n) is 6.56. The van der Waals surface area contributed by atoms with Crippen molar-refractivity contribution in [3.63, 3.8) is 0 Å². The van der Waals surface area contributed by atoms with Crippen molar-refractivity contribution in [2.45, 2.75) is 39.0 Å². The lowest BCUT2D eigenvalue weighted by atomic mass is 9.89. The molecule has 1 aliphatic heterocycles. The fraction of sp³-hybridized carbons (Fsp3) is 0.417. The molecule has 2 N–H and O–H groups in total. The number of hydrogen-bond donors (Lipinski definition) is 2. The number of anilines is 1. The molecular formula is C24H28N2O2. The largest absolute Gasteiger partial charge is 0.356 e. The summed E-state index contributed by atoms with van der Waals surface area (Å²) >= 11 is 0. The van der Waals surface area contributed by atoms with Crippen molar-refractivity contribution >= 4 is 17.5 Å². The van der Waals surface area contributed by atoms with Gasteiger partial charge in [-0.3, -0.25) is 9.59 Å². The van der Waals surface area contributed by atoms with Crippen LogP contribution in [0.25, 0.3) is 0 Å². The Balaban J connectivity index is 1.26. The van der Waals surface area contributed by atoms with Crippen molar-refractivity contribution < 1.29 is 9.59 Å². The first-order valence-corrected chi connectivity index (χ1v) is 10.2. The molecule has 0 unspecified atom stereocenters. The molecule has 1 saturated carbocycles. The maximum atomic E-state index is 12.4.